The van der Waals surface area contributed by atoms with Crippen LogP contribution in [0.25, 0.3) is 10.4 Å². The SMILES string of the molecule is CC[C@@H]1OC(O)C(OC(=O)c2ccccc2)C(C)[C@@H]1OC1OC(COC(=O)c2ccccc2)C(C)[C@H](C)[C@@H]1N=[N+]=[N-]. The smallest absolute Gasteiger partial charge is 0.338 e. The highest BCUT2D eigenvalue weighted by Gasteiger charge is 2.49. The molecule has 11 heteroatoms. The Morgan fingerprint density at radius 3 is 2.07 bits per heavy atom. The summed E-state index contributed by atoms with van der Waals surface area (Å²) >= 11 is 0. The molecule has 0 bridgehead atoms. The molecule has 0 aromatic heterocycles. The molecule has 10 atom stereocenters. The lowest BCUT2D eigenvalue weighted by Crippen LogP contribution is -2.59. The van der Waals surface area contributed by atoms with E-state index >= 15 is 0 Å². The quantitative estimate of drug-likeness (QED) is 0.195. The normalized spacial score (nSPS) is 33.3. The molecule has 0 aliphatic carbocycles. The molecular formula is C30H37N3O8. The van der Waals surface area contributed by atoms with Crippen LogP contribution < -0.4 is 0 Å². The molecular weight excluding hydrogens is 530 g/mol. The number of hydrogen-bond acceptors (Lipinski definition) is 9. The van der Waals surface area contributed by atoms with Gasteiger partial charge in [0.05, 0.1) is 35.5 Å². The molecule has 2 aliphatic rings. The third-order valence-electron chi connectivity index (χ3n) is 8.06. The van der Waals surface area contributed by atoms with E-state index in [2.05, 4.69) is 10.0 Å². The first-order valence-electron chi connectivity index (χ1n) is 13.9. The van der Waals surface area contributed by atoms with Crippen molar-refractivity contribution in [2.75, 3.05) is 6.61 Å². The second kappa shape index (κ2) is 13.9. The van der Waals surface area contributed by atoms with Gasteiger partial charge in [0.15, 0.2) is 18.7 Å². The highest BCUT2D eigenvalue weighted by atomic mass is 16.7. The van der Waals surface area contributed by atoms with Crippen LogP contribution in [-0.2, 0) is 23.7 Å². The number of benzene rings is 2. The molecule has 220 valence electrons. The first-order chi connectivity index (χ1) is 19.7. The maximum absolute atomic E-state index is 12.8. The molecule has 0 radical (unpaired) electrons. The molecule has 2 heterocycles. The lowest BCUT2D eigenvalue weighted by Gasteiger charge is -2.48. The van der Waals surface area contributed by atoms with Crippen LogP contribution >= 0.6 is 0 Å². The maximum atomic E-state index is 12.8. The van der Waals surface area contributed by atoms with Crippen molar-refractivity contribution in [3.63, 3.8) is 0 Å². The number of ether oxygens (including phenoxy) is 5. The number of esters is 2. The van der Waals surface area contributed by atoms with Crippen molar-refractivity contribution in [2.45, 2.75) is 77.2 Å². The van der Waals surface area contributed by atoms with Crippen LogP contribution in [0.15, 0.2) is 65.8 Å². The number of azide groups is 1. The van der Waals surface area contributed by atoms with E-state index in [9.17, 15) is 20.2 Å². The number of carbonyl (C=O) groups excluding carboxylic acids is 2. The topological polar surface area (TPSA) is 149 Å². The standard InChI is InChI=1S/C30H37N3O8/c1-5-22-25(19(4)26(29(36)38-22)40-28(35)21-14-10-7-11-15-21)41-30-24(32-33-31)18(3)17(2)23(39-30)16-37-27(34)20-12-8-6-9-13-20/h6-15,17-19,22-26,29-30,36H,5,16H2,1-4H3/t17?,18-,19?,22-,23?,24-,25-,26?,29?,30?/m0/s1. The van der Waals surface area contributed by atoms with Crippen LogP contribution in [0.2, 0.25) is 0 Å². The molecule has 0 amide bonds. The highest BCUT2D eigenvalue weighted by Crippen LogP contribution is 2.38. The van der Waals surface area contributed by atoms with Gasteiger partial charge in [-0.05, 0) is 48.1 Å². The summed E-state index contributed by atoms with van der Waals surface area (Å²) in [5.41, 5.74) is 10.1. The molecule has 0 saturated carbocycles. The van der Waals surface area contributed by atoms with Crippen molar-refractivity contribution in [2.24, 2.45) is 22.9 Å². The van der Waals surface area contributed by atoms with Crippen molar-refractivity contribution in [1.29, 1.82) is 0 Å². The maximum Gasteiger partial charge on any atom is 0.338 e. The summed E-state index contributed by atoms with van der Waals surface area (Å²) in [5, 5.41) is 14.7. The summed E-state index contributed by atoms with van der Waals surface area (Å²) in [5.74, 6) is -1.88. The van der Waals surface area contributed by atoms with E-state index in [-0.39, 0.29) is 18.4 Å². The van der Waals surface area contributed by atoms with E-state index in [1.165, 1.54) is 0 Å². The van der Waals surface area contributed by atoms with Crippen molar-refractivity contribution >= 4 is 11.9 Å². The Balaban J connectivity index is 1.51. The molecule has 41 heavy (non-hydrogen) atoms. The number of nitrogens with zero attached hydrogens (tertiary/aromatic N) is 3. The average Bonchev–Trinajstić information content (AvgIpc) is 2.99. The number of rotatable bonds is 9. The zero-order valence-corrected chi connectivity index (χ0v) is 23.6. The van der Waals surface area contributed by atoms with E-state index in [1.807, 2.05) is 26.8 Å². The van der Waals surface area contributed by atoms with Crippen molar-refractivity contribution < 1.29 is 38.4 Å². The first-order valence-corrected chi connectivity index (χ1v) is 13.9. The summed E-state index contributed by atoms with van der Waals surface area (Å²) in [4.78, 5) is 28.4. The van der Waals surface area contributed by atoms with Gasteiger partial charge in [-0.1, -0.05) is 69.2 Å². The van der Waals surface area contributed by atoms with Gasteiger partial charge in [-0.15, -0.1) is 0 Å². The monoisotopic (exact) mass is 567 g/mol. The van der Waals surface area contributed by atoms with E-state index in [4.69, 9.17) is 23.7 Å². The Labute approximate surface area is 239 Å². The second-order valence-corrected chi connectivity index (χ2v) is 10.6. The Kier molecular flexibility index (Phi) is 10.4. The third-order valence-corrected chi connectivity index (χ3v) is 8.06. The van der Waals surface area contributed by atoms with Crippen LogP contribution in [0.4, 0.5) is 0 Å². The molecule has 2 aromatic carbocycles. The number of aliphatic hydroxyl groups is 1. The Morgan fingerprint density at radius 2 is 1.49 bits per heavy atom. The molecule has 2 aromatic rings. The van der Waals surface area contributed by atoms with E-state index in [0.717, 1.165) is 0 Å². The van der Waals surface area contributed by atoms with Gasteiger partial charge in [0.1, 0.15) is 6.61 Å². The number of carbonyl (C=O) groups is 2. The predicted molar refractivity (Wildman–Crippen MR) is 148 cm³/mol. The fourth-order valence-corrected chi connectivity index (χ4v) is 5.36. The highest BCUT2D eigenvalue weighted by molar-refractivity contribution is 5.89. The summed E-state index contributed by atoms with van der Waals surface area (Å²) < 4.78 is 29.8. The molecule has 0 spiro atoms. The molecule has 2 saturated heterocycles. The molecule has 2 fully saturated rings. The first kappa shape index (κ1) is 30.5. The van der Waals surface area contributed by atoms with E-state index in [0.29, 0.717) is 17.5 Å². The average molecular weight is 568 g/mol. The summed E-state index contributed by atoms with van der Waals surface area (Å²) in [6.07, 6.45) is -4.64. The van der Waals surface area contributed by atoms with Crippen LogP contribution in [0.1, 0.15) is 54.8 Å². The fourth-order valence-electron chi connectivity index (χ4n) is 5.36. The Bertz CT molecular complexity index is 1210. The summed E-state index contributed by atoms with van der Waals surface area (Å²) in [6, 6.07) is 16.5. The van der Waals surface area contributed by atoms with Gasteiger partial charge in [0.25, 0.3) is 0 Å². The lowest BCUT2D eigenvalue weighted by atomic mass is 9.82. The Morgan fingerprint density at radius 1 is 0.878 bits per heavy atom. The zero-order chi connectivity index (χ0) is 29.5. The van der Waals surface area contributed by atoms with Crippen molar-refractivity contribution in [3.8, 4) is 0 Å². The van der Waals surface area contributed by atoms with Crippen LogP contribution in [0.5, 0.6) is 0 Å². The zero-order valence-electron chi connectivity index (χ0n) is 23.6. The fraction of sp³-hybridized carbons (Fsp3) is 0.533. The predicted octanol–water partition coefficient (Wildman–Crippen LogP) is 4.89. The van der Waals surface area contributed by atoms with Gasteiger partial charge in [-0.3, -0.25) is 0 Å². The Hall–Kier alpha value is -3.47. The minimum absolute atomic E-state index is 0.0218. The van der Waals surface area contributed by atoms with Gasteiger partial charge >= 0.3 is 11.9 Å². The van der Waals surface area contributed by atoms with Crippen LogP contribution in [0.3, 0.4) is 0 Å². The molecule has 4 rings (SSSR count). The van der Waals surface area contributed by atoms with Gasteiger partial charge in [0.2, 0.25) is 0 Å². The third kappa shape index (κ3) is 7.06. The largest absolute Gasteiger partial charge is 0.459 e. The van der Waals surface area contributed by atoms with Gasteiger partial charge in [0, 0.05) is 10.8 Å². The van der Waals surface area contributed by atoms with Gasteiger partial charge in [-0.2, -0.15) is 0 Å². The number of hydrogen-bond donors (Lipinski definition) is 1. The van der Waals surface area contributed by atoms with Gasteiger partial charge in [-0.25, -0.2) is 9.59 Å². The van der Waals surface area contributed by atoms with Crippen molar-refractivity contribution in [1.82, 2.24) is 0 Å². The van der Waals surface area contributed by atoms with E-state index < -0.39 is 60.9 Å². The van der Waals surface area contributed by atoms with Crippen LogP contribution in [0, 0.1) is 17.8 Å². The van der Waals surface area contributed by atoms with E-state index in [1.54, 1.807) is 61.5 Å². The summed E-state index contributed by atoms with van der Waals surface area (Å²) in [6.45, 7) is 7.55. The van der Waals surface area contributed by atoms with Crippen LogP contribution in [-0.4, -0.2) is 66.7 Å². The van der Waals surface area contributed by atoms with Crippen molar-refractivity contribution in [3.05, 3.63) is 82.2 Å². The molecule has 2 aliphatic heterocycles. The minimum Gasteiger partial charge on any atom is -0.459 e. The summed E-state index contributed by atoms with van der Waals surface area (Å²) in [7, 11) is 0. The molecule has 6 unspecified atom stereocenters. The second-order valence-electron chi connectivity index (χ2n) is 10.6. The minimum atomic E-state index is -1.35. The molecule has 1 N–H and O–H groups in total. The molecule has 11 nitrogen and oxygen atoms in total. The number of aliphatic hydroxyl groups excluding tert-OH is 1. The lowest BCUT2D eigenvalue weighted by molar-refractivity contribution is -0.319. The van der Waals surface area contributed by atoms with Gasteiger partial charge < -0.3 is 28.8 Å².